The van der Waals surface area contributed by atoms with E-state index in [1.165, 1.54) is 0 Å². The number of furan rings is 1. The van der Waals surface area contributed by atoms with E-state index in [2.05, 4.69) is 47.4 Å². The van der Waals surface area contributed by atoms with Crippen LogP contribution in [0.25, 0.3) is 78.1 Å². The van der Waals surface area contributed by atoms with Crippen LogP contribution in [0.5, 0.6) is 0 Å². The summed E-state index contributed by atoms with van der Waals surface area (Å²) in [5, 5.41) is 4.45. The topological polar surface area (TPSA) is 64.7 Å². The molecule has 8 aromatic rings. The molecule has 192 valence electrons. The molecule has 8 rings (SSSR count). The fraction of sp³-hybridized carbons (Fsp3) is 0. The van der Waals surface area contributed by atoms with E-state index in [-0.39, 0.29) is 0 Å². The lowest BCUT2D eigenvalue weighted by molar-refractivity contribution is 0.669. The van der Waals surface area contributed by atoms with Crippen LogP contribution in [0.1, 0.15) is 0 Å². The maximum atomic E-state index is 6.15. The minimum absolute atomic E-state index is 0.594. The summed E-state index contributed by atoms with van der Waals surface area (Å²) < 4.78 is 6.15. The predicted octanol–water partition coefficient (Wildman–Crippen LogP) is 8.99. The first-order valence-corrected chi connectivity index (χ1v) is 13.5. The second kappa shape index (κ2) is 9.50. The van der Waals surface area contributed by atoms with Crippen LogP contribution in [0.2, 0.25) is 0 Å². The summed E-state index contributed by atoms with van der Waals surface area (Å²) in [6.45, 7) is 0. The van der Waals surface area contributed by atoms with Gasteiger partial charge in [0.15, 0.2) is 17.5 Å². The second-order valence-electron chi connectivity index (χ2n) is 9.98. The van der Waals surface area contributed by atoms with E-state index in [4.69, 9.17) is 19.4 Å². The molecule has 0 saturated carbocycles. The van der Waals surface area contributed by atoms with Crippen LogP contribution in [0.3, 0.4) is 0 Å². The van der Waals surface area contributed by atoms with E-state index in [0.29, 0.717) is 17.5 Å². The van der Waals surface area contributed by atoms with Crippen molar-refractivity contribution in [3.8, 4) is 45.4 Å². The molecule has 0 saturated heterocycles. The lowest BCUT2D eigenvalue weighted by Gasteiger charge is -2.09. The minimum Gasteiger partial charge on any atom is -0.456 e. The van der Waals surface area contributed by atoms with Gasteiger partial charge in [-0.25, -0.2) is 15.0 Å². The summed E-state index contributed by atoms with van der Waals surface area (Å²) in [5.74, 6) is 1.82. The molecule has 0 N–H and O–H groups in total. The number of pyridine rings is 1. The summed E-state index contributed by atoms with van der Waals surface area (Å²) in [4.78, 5) is 19.4. The van der Waals surface area contributed by atoms with Gasteiger partial charge in [-0.3, -0.25) is 4.98 Å². The van der Waals surface area contributed by atoms with E-state index in [9.17, 15) is 0 Å². The number of hydrogen-bond donors (Lipinski definition) is 0. The van der Waals surface area contributed by atoms with Crippen LogP contribution in [0.15, 0.2) is 138 Å². The van der Waals surface area contributed by atoms with Gasteiger partial charge < -0.3 is 4.42 Å². The fourth-order valence-corrected chi connectivity index (χ4v) is 5.25. The van der Waals surface area contributed by atoms with Crippen molar-refractivity contribution in [1.29, 1.82) is 0 Å². The number of fused-ring (bicyclic) bond motifs is 4. The van der Waals surface area contributed by atoms with Crippen molar-refractivity contribution in [2.24, 2.45) is 0 Å². The Labute approximate surface area is 235 Å². The van der Waals surface area contributed by atoms with Gasteiger partial charge in [0.05, 0.1) is 5.69 Å². The third-order valence-corrected chi connectivity index (χ3v) is 7.37. The molecular weight excluding hydrogens is 504 g/mol. The number of hydrogen-bond acceptors (Lipinski definition) is 5. The van der Waals surface area contributed by atoms with Gasteiger partial charge in [-0.15, -0.1) is 0 Å². The predicted molar refractivity (Wildman–Crippen MR) is 164 cm³/mol. The van der Waals surface area contributed by atoms with Gasteiger partial charge in [0.1, 0.15) is 11.2 Å². The van der Waals surface area contributed by atoms with E-state index in [1.54, 1.807) is 0 Å². The van der Waals surface area contributed by atoms with Crippen LogP contribution in [-0.2, 0) is 0 Å². The van der Waals surface area contributed by atoms with Crippen molar-refractivity contribution in [3.05, 3.63) is 134 Å². The zero-order valence-electron chi connectivity index (χ0n) is 21.9. The van der Waals surface area contributed by atoms with Gasteiger partial charge in [0, 0.05) is 44.6 Å². The van der Waals surface area contributed by atoms with Crippen LogP contribution in [0.4, 0.5) is 0 Å². The molecule has 3 aromatic heterocycles. The Bertz CT molecular complexity index is 2200. The SMILES string of the molecule is c1ccc(-c2nc(-c3ccc(-c4cc5ccccc5cn4)cc3)nc(-c3ccc4c(c3)oc3ccccc34)n2)cc1. The highest BCUT2D eigenvalue weighted by Crippen LogP contribution is 2.33. The molecule has 5 aromatic carbocycles. The first kappa shape index (κ1) is 23.2. The van der Waals surface area contributed by atoms with Crippen molar-refractivity contribution in [2.45, 2.75) is 0 Å². The highest BCUT2D eigenvalue weighted by atomic mass is 16.3. The molecule has 0 atom stereocenters. The van der Waals surface area contributed by atoms with Crippen molar-refractivity contribution >= 4 is 32.7 Å². The van der Waals surface area contributed by atoms with Crippen LogP contribution in [-0.4, -0.2) is 19.9 Å². The van der Waals surface area contributed by atoms with E-state index in [1.807, 2.05) is 91.1 Å². The molecule has 0 aliphatic rings. The number of benzene rings is 5. The van der Waals surface area contributed by atoms with Gasteiger partial charge in [0.2, 0.25) is 0 Å². The molecule has 0 radical (unpaired) electrons. The van der Waals surface area contributed by atoms with Gasteiger partial charge in [-0.2, -0.15) is 0 Å². The van der Waals surface area contributed by atoms with Gasteiger partial charge in [0.25, 0.3) is 0 Å². The summed E-state index contributed by atoms with van der Waals surface area (Å²) in [7, 11) is 0. The molecule has 5 nitrogen and oxygen atoms in total. The quantitative estimate of drug-likeness (QED) is 0.229. The summed E-state index contributed by atoms with van der Waals surface area (Å²) in [5.41, 5.74) is 6.33. The average molecular weight is 527 g/mol. The number of para-hydroxylation sites is 1. The molecule has 0 fully saturated rings. The molecule has 0 aliphatic heterocycles. The molecule has 5 heteroatoms. The zero-order chi connectivity index (χ0) is 27.2. The molecule has 0 bridgehead atoms. The number of nitrogens with zero attached hydrogens (tertiary/aromatic N) is 4. The lowest BCUT2D eigenvalue weighted by atomic mass is 10.1. The molecular formula is C36H22N4O. The smallest absolute Gasteiger partial charge is 0.164 e. The zero-order valence-corrected chi connectivity index (χ0v) is 21.9. The standard InChI is InChI=1S/C36H22N4O/c1-2-8-24(9-3-1)34-38-35(25-16-14-23(15-17-25)31-20-26-10-4-5-11-28(26)22-37-31)40-36(39-34)27-18-19-30-29-12-6-7-13-32(29)41-33(30)21-27/h1-22H. The van der Waals surface area contributed by atoms with Crippen LogP contribution in [0, 0.1) is 0 Å². The Morgan fingerprint density at radius 3 is 1.80 bits per heavy atom. The molecule has 0 aliphatic carbocycles. The van der Waals surface area contributed by atoms with Gasteiger partial charge >= 0.3 is 0 Å². The van der Waals surface area contributed by atoms with E-state index < -0.39 is 0 Å². The second-order valence-corrected chi connectivity index (χ2v) is 9.98. The Morgan fingerprint density at radius 1 is 0.415 bits per heavy atom. The monoisotopic (exact) mass is 526 g/mol. The van der Waals surface area contributed by atoms with Gasteiger partial charge in [-0.05, 0) is 29.7 Å². The Hall–Kier alpha value is -5.68. The highest BCUT2D eigenvalue weighted by Gasteiger charge is 2.15. The maximum Gasteiger partial charge on any atom is 0.164 e. The van der Waals surface area contributed by atoms with Crippen molar-refractivity contribution < 1.29 is 4.42 Å². The maximum absolute atomic E-state index is 6.15. The first-order valence-electron chi connectivity index (χ1n) is 13.5. The number of aromatic nitrogens is 4. The summed E-state index contributed by atoms with van der Waals surface area (Å²) in [6, 6.07) is 42.8. The third kappa shape index (κ3) is 4.21. The summed E-state index contributed by atoms with van der Waals surface area (Å²) in [6.07, 6.45) is 1.92. The molecule has 0 spiro atoms. The van der Waals surface area contributed by atoms with E-state index >= 15 is 0 Å². The normalized spacial score (nSPS) is 11.4. The Balaban J connectivity index is 1.23. The lowest BCUT2D eigenvalue weighted by Crippen LogP contribution is -2.00. The number of rotatable bonds is 4. The van der Waals surface area contributed by atoms with E-state index in [0.717, 1.165) is 60.7 Å². The van der Waals surface area contributed by atoms with Crippen LogP contribution < -0.4 is 0 Å². The summed E-state index contributed by atoms with van der Waals surface area (Å²) >= 11 is 0. The molecule has 3 heterocycles. The Kier molecular flexibility index (Phi) is 5.38. The van der Waals surface area contributed by atoms with Crippen LogP contribution >= 0.6 is 0 Å². The fourth-order valence-electron chi connectivity index (χ4n) is 5.25. The Morgan fingerprint density at radius 2 is 1.00 bits per heavy atom. The molecule has 41 heavy (non-hydrogen) atoms. The average Bonchev–Trinajstić information content (AvgIpc) is 3.43. The third-order valence-electron chi connectivity index (χ3n) is 7.37. The first-order chi connectivity index (χ1) is 20.3. The van der Waals surface area contributed by atoms with Crippen molar-refractivity contribution in [3.63, 3.8) is 0 Å². The van der Waals surface area contributed by atoms with Crippen molar-refractivity contribution in [2.75, 3.05) is 0 Å². The van der Waals surface area contributed by atoms with Crippen molar-refractivity contribution in [1.82, 2.24) is 19.9 Å². The highest BCUT2D eigenvalue weighted by molar-refractivity contribution is 6.05. The molecule has 0 amide bonds. The largest absolute Gasteiger partial charge is 0.456 e. The minimum atomic E-state index is 0.594. The molecule has 0 unspecified atom stereocenters. The van der Waals surface area contributed by atoms with Gasteiger partial charge in [-0.1, -0.05) is 103 Å².